The van der Waals surface area contributed by atoms with Gasteiger partial charge in [-0.1, -0.05) is 11.8 Å². The molecule has 0 atom stereocenters. The third-order valence-corrected chi connectivity index (χ3v) is 4.67. The molecule has 0 aromatic rings. The molecule has 0 aromatic heterocycles. The van der Waals surface area contributed by atoms with Gasteiger partial charge < -0.3 is 5.11 Å². The smallest absolute Gasteiger partial charge is 0.119 e. The van der Waals surface area contributed by atoms with Gasteiger partial charge in [-0.2, -0.15) is 0 Å². The molecule has 1 N–H and O–H groups in total. The Morgan fingerprint density at radius 3 is 1.81 bits per heavy atom. The lowest BCUT2D eigenvalue weighted by Crippen LogP contribution is -2.45. The molecule has 0 amide bonds. The minimum absolute atomic E-state index is 0.286. The fourth-order valence-electron chi connectivity index (χ4n) is 4.55. The van der Waals surface area contributed by atoms with Gasteiger partial charge in [0, 0.05) is 5.41 Å². The van der Waals surface area contributed by atoms with Crippen LogP contribution in [0.2, 0.25) is 0 Å². The van der Waals surface area contributed by atoms with E-state index in [1.165, 1.54) is 38.5 Å². The lowest BCUT2D eigenvalue weighted by Gasteiger charge is -2.54. The van der Waals surface area contributed by atoms with Crippen LogP contribution in [0.25, 0.3) is 0 Å². The van der Waals surface area contributed by atoms with Gasteiger partial charge in [-0.05, 0) is 70.1 Å². The Kier molecular flexibility index (Phi) is 2.17. The molecule has 1 heteroatoms. The Balaban J connectivity index is 1.85. The van der Waals surface area contributed by atoms with Gasteiger partial charge >= 0.3 is 0 Å². The SMILES string of the molecule is CC(C)(O)C#CC12CC3CC(CC(C3)C1)C2. The Hall–Kier alpha value is -0.480. The zero-order valence-corrected chi connectivity index (χ0v) is 10.4. The summed E-state index contributed by atoms with van der Waals surface area (Å²) in [5.41, 5.74) is -0.530. The Morgan fingerprint density at radius 1 is 1.00 bits per heavy atom. The predicted molar refractivity (Wildman–Crippen MR) is 64.7 cm³/mol. The minimum Gasteiger partial charge on any atom is -0.378 e. The van der Waals surface area contributed by atoms with Crippen LogP contribution < -0.4 is 0 Å². The van der Waals surface area contributed by atoms with Crippen LogP contribution in [0.4, 0.5) is 0 Å². The topological polar surface area (TPSA) is 20.2 Å². The molecule has 4 aliphatic carbocycles. The summed E-state index contributed by atoms with van der Waals surface area (Å²) in [4.78, 5) is 0. The zero-order valence-electron chi connectivity index (χ0n) is 10.4. The summed E-state index contributed by atoms with van der Waals surface area (Å²) in [6.07, 6.45) is 8.31. The molecule has 0 saturated heterocycles. The summed E-state index contributed by atoms with van der Waals surface area (Å²) in [6.45, 7) is 3.58. The van der Waals surface area contributed by atoms with Gasteiger partial charge in [0.1, 0.15) is 5.60 Å². The molecule has 0 radical (unpaired) electrons. The van der Waals surface area contributed by atoms with Crippen molar-refractivity contribution in [3.63, 3.8) is 0 Å². The molecular weight excluding hydrogens is 196 g/mol. The van der Waals surface area contributed by atoms with Gasteiger partial charge in [0.2, 0.25) is 0 Å². The molecule has 0 aliphatic heterocycles. The second kappa shape index (κ2) is 3.26. The first kappa shape index (κ1) is 10.7. The molecule has 0 unspecified atom stereocenters. The first-order valence-corrected chi connectivity index (χ1v) is 6.71. The van der Waals surface area contributed by atoms with Gasteiger partial charge in [0.15, 0.2) is 0 Å². The number of aliphatic hydroxyl groups is 1. The molecule has 88 valence electrons. The molecule has 4 aliphatic rings. The van der Waals surface area contributed by atoms with Crippen LogP contribution in [-0.4, -0.2) is 10.7 Å². The molecule has 4 bridgehead atoms. The molecule has 4 rings (SSSR count). The molecule has 0 spiro atoms. The van der Waals surface area contributed by atoms with Crippen LogP contribution in [0.5, 0.6) is 0 Å². The van der Waals surface area contributed by atoms with Crippen molar-refractivity contribution in [3.05, 3.63) is 0 Å². The van der Waals surface area contributed by atoms with E-state index < -0.39 is 5.60 Å². The summed E-state index contributed by atoms with van der Waals surface area (Å²) in [7, 11) is 0. The van der Waals surface area contributed by atoms with E-state index in [9.17, 15) is 5.11 Å². The summed E-state index contributed by atoms with van der Waals surface area (Å²) in [5.74, 6) is 9.39. The predicted octanol–water partition coefficient (Wildman–Crippen LogP) is 2.98. The average Bonchev–Trinajstić information content (AvgIpc) is 2.11. The van der Waals surface area contributed by atoms with E-state index >= 15 is 0 Å². The van der Waals surface area contributed by atoms with Gasteiger partial charge in [0.05, 0.1) is 0 Å². The first-order chi connectivity index (χ1) is 7.44. The number of hydrogen-bond acceptors (Lipinski definition) is 1. The van der Waals surface area contributed by atoms with Gasteiger partial charge in [-0.3, -0.25) is 0 Å². The van der Waals surface area contributed by atoms with Crippen LogP contribution in [0.15, 0.2) is 0 Å². The summed E-state index contributed by atoms with van der Waals surface area (Å²) < 4.78 is 0. The second-order valence-corrected chi connectivity index (χ2v) is 7.01. The van der Waals surface area contributed by atoms with Crippen LogP contribution in [0.3, 0.4) is 0 Å². The highest BCUT2D eigenvalue weighted by atomic mass is 16.3. The highest BCUT2D eigenvalue weighted by Crippen LogP contribution is 2.59. The van der Waals surface area contributed by atoms with Gasteiger partial charge in [-0.25, -0.2) is 0 Å². The highest BCUT2D eigenvalue weighted by Gasteiger charge is 2.50. The zero-order chi connectivity index (χ0) is 11.4. The van der Waals surface area contributed by atoms with Gasteiger partial charge in [-0.15, -0.1) is 0 Å². The van der Waals surface area contributed by atoms with Crippen LogP contribution in [0.1, 0.15) is 52.4 Å². The van der Waals surface area contributed by atoms with E-state index in [2.05, 4.69) is 11.8 Å². The molecule has 4 saturated carbocycles. The van der Waals surface area contributed by atoms with Crippen LogP contribution in [0, 0.1) is 35.0 Å². The quantitative estimate of drug-likeness (QED) is 0.620. The molecule has 1 nitrogen and oxygen atoms in total. The summed E-state index contributed by atoms with van der Waals surface area (Å²) >= 11 is 0. The van der Waals surface area contributed by atoms with Gasteiger partial charge in [0.25, 0.3) is 0 Å². The highest BCUT2D eigenvalue weighted by molar-refractivity contribution is 5.22. The maximum absolute atomic E-state index is 9.75. The number of rotatable bonds is 0. The molecule has 16 heavy (non-hydrogen) atoms. The van der Waals surface area contributed by atoms with Crippen molar-refractivity contribution in [2.45, 2.75) is 58.0 Å². The minimum atomic E-state index is -0.816. The average molecular weight is 218 g/mol. The first-order valence-electron chi connectivity index (χ1n) is 6.71. The third kappa shape index (κ3) is 1.89. The Bertz CT molecular complexity index is 315. The Morgan fingerprint density at radius 2 is 1.44 bits per heavy atom. The van der Waals surface area contributed by atoms with Crippen molar-refractivity contribution in [2.75, 3.05) is 0 Å². The monoisotopic (exact) mass is 218 g/mol. The van der Waals surface area contributed by atoms with E-state index in [0.717, 1.165) is 17.8 Å². The maximum atomic E-state index is 9.75. The largest absolute Gasteiger partial charge is 0.378 e. The maximum Gasteiger partial charge on any atom is 0.119 e. The van der Waals surface area contributed by atoms with Crippen molar-refractivity contribution in [1.29, 1.82) is 0 Å². The van der Waals surface area contributed by atoms with E-state index in [0.29, 0.717) is 0 Å². The van der Waals surface area contributed by atoms with E-state index in [1.54, 1.807) is 13.8 Å². The van der Waals surface area contributed by atoms with Crippen LogP contribution in [-0.2, 0) is 0 Å². The summed E-state index contributed by atoms with van der Waals surface area (Å²) in [6, 6.07) is 0. The normalized spacial score (nSPS) is 45.3. The standard InChI is InChI=1S/C15H22O/c1-14(2,16)3-4-15-8-11-5-12(9-15)7-13(6-11)10-15/h11-13,16H,5-10H2,1-2H3. The van der Waals surface area contributed by atoms with Crippen molar-refractivity contribution >= 4 is 0 Å². The molecule has 0 heterocycles. The Labute approximate surface area is 98.6 Å². The van der Waals surface area contributed by atoms with Crippen LogP contribution >= 0.6 is 0 Å². The van der Waals surface area contributed by atoms with E-state index in [-0.39, 0.29) is 5.41 Å². The van der Waals surface area contributed by atoms with E-state index in [1.807, 2.05) is 0 Å². The molecular formula is C15H22O. The molecule has 4 fully saturated rings. The summed E-state index contributed by atoms with van der Waals surface area (Å²) in [5, 5.41) is 9.75. The van der Waals surface area contributed by atoms with E-state index in [4.69, 9.17) is 0 Å². The second-order valence-electron chi connectivity index (χ2n) is 7.01. The van der Waals surface area contributed by atoms with Crippen molar-refractivity contribution in [1.82, 2.24) is 0 Å². The van der Waals surface area contributed by atoms with Crippen molar-refractivity contribution in [2.24, 2.45) is 23.2 Å². The fraction of sp³-hybridized carbons (Fsp3) is 0.867. The fourth-order valence-corrected chi connectivity index (χ4v) is 4.55. The van der Waals surface area contributed by atoms with Crippen molar-refractivity contribution in [3.8, 4) is 11.8 Å². The lowest BCUT2D eigenvalue weighted by atomic mass is 9.50. The molecule has 0 aromatic carbocycles. The lowest BCUT2D eigenvalue weighted by molar-refractivity contribution is -0.0185. The third-order valence-electron chi connectivity index (χ3n) is 4.67. The van der Waals surface area contributed by atoms with Crippen molar-refractivity contribution < 1.29 is 5.11 Å². The number of hydrogen-bond donors (Lipinski definition) is 1.